The normalized spacial score (nSPS) is 20.1. The third kappa shape index (κ3) is 4.25. The molecule has 0 aromatic carbocycles. The van der Waals surface area contributed by atoms with Gasteiger partial charge in [-0.25, -0.2) is 0 Å². The molecule has 1 unspecified atom stereocenters. The second kappa shape index (κ2) is 7.10. The van der Waals surface area contributed by atoms with Gasteiger partial charge in [0.15, 0.2) is 0 Å². The molecule has 1 rings (SSSR count). The van der Waals surface area contributed by atoms with Gasteiger partial charge in [-0.1, -0.05) is 13.8 Å². The Morgan fingerprint density at radius 2 is 1.94 bits per heavy atom. The molecule has 0 bridgehead atoms. The van der Waals surface area contributed by atoms with Crippen LogP contribution in [0.2, 0.25) is 0 Å². The predicted molar refractivity (Wildman–Crippen MR) is 73.3 cm³/mol. The number of piperidine rings is 1. The van der Waals surface area contributed by atoms with Crippen molar-refractivity contribution in [2.75, 3.05) is 40.3 Å². The minimum absolute atomic E-state index is 0.0474. The minimum Gasteiger partial charge on any atom is -0.396 e. The van der Waals surface area contributed by atoms with Crippen LogP contribution in [0.3, 0.4) is 0 Å². The standard InChI is InChI=1S/C14H28N2O2/c1-11(2)13(10-17)14(18)16(4)9-12-5-7-15(3)8-6-12/h11-13,17H,5-10H2,1-4H3. The Bertz CT molecular complexity index is 261. The van der Waals surface area contributed by atoms with Crippen LogP contribution in [0.15, 0.2) is 0 Å². The number of carbonyl (C=O) groups is 1. The Balaban J connectivity index is 2.44. The molecule has 0 aromatic rings. The van der Waals surface area contributed by atoms with Gasteiger partial charge in [0.25, 0.3) is 0 Å². The van der Waals surface area contributed by atoms with Gasteiger partial charge in [-0.15, -0.1) is 0 Å². The van der Waals surface area contributed by atoms with Gasteiger partial charge in [0.05, 0.1) is 12.5 Å². The molecule has 1 fully saturated rings. The fourth-order valence-corrected chi connectivity index (χ4v) is 2.58. The maximum atomic E-state index is 12.2. The molecule has 0 aliphatic carbocycles. The Morgan fingerprint density at radius 3 is 2.39 bits per heavy atom. The molecule has 1 atom stereocenters. The fourth-order valence-electron chi connectivity index (χ4n) is 2.58. The number of aliphatic hydroxyl groups excluding tert-OH is 1. The van der Waals surface area contributed by atoms with Crippen LogP contribution in [0.5, 0.6) is 0 Å². The molecule has 106 valence electrons. The molecule has 18 heavy (non-hydrogen) atoms. The number of hydrogen-bond donors (Lipinski definition) is 1. The van der Waals surface area contributed by atoms with Crippen molar-refractivity contribution in [2.45, 2.75) is 26.7 Å². The number of likely N-dealkylation sites (tertiary alicyclic amines) is 1. The quantitative estimate of drug-likeness (QED) is 0.799. The van der Waals surface area contributed by atoms with Crippen LogP contribution in [-0.2, 0) is 4.79 Å². The van der Waals surface area contributed by atoms with E-state index in [2.05, 4.69) is 11.9 Å². The number of carbonyl (C=O) groups excluding carboxylic acids is 1. The zero-order valence-electron chi connectivity index (χ0n) is 12.2. The summed E-state index contributed by atoms with van der Waals surface area (Å²) in [5, 5.41) is 9.30. The first-order valence-corrected chi connectivity index (χ1v) is 7.00. The van der Waals surface area contributed by atoms with E-state index in [0.717, 1.165) is 19.6 Å². The first kappa shape index (κ1) is 15.4. The summed E-state index contributed by atoms with van der Waals surface area (Å²) in [6.07, 6.45) is 2.33. The lowest BCUT2D eigenvalue weighted by molar-refractivity contribution is -0.137. The summed E-state index contributed by atoms with van der Waals surface area (Å²) in [6.45, 7) is 7.01. The van der Waals surface area contributed by atoms with Crippen molar-refractivity contribution in [1.29, 1.82) is 0 Å². The van der Waals surface area contributed by atoms with Crippen molar-refractivity contribution in [2.24, 2.45) is 17.8 Å². The molecule has 0 aromatic heterocycles. The van der Waals surface area contributed by atoms with Crippen molar-refractivity contribution in [3.8, 4) is 0 Å². The van der Waals surface area contributed by atoms with Gasteiger partial charge in [-0.3, -0.25) is 4.79 Å². The van der Waals surface area contributed by atoms with E-state index in [4.69, 9.17) is 0 Å². The second-order valence-electron chi connectivity index (χ2n) is 6.00. The van der Waals surface area contributed by atoms with Crippen molar-refractivity contribution < 1.29 is 9.90 Å². The largest absolute Gasteiger partial charge is 0.396 e. The highest BCUT2D eigenvalue weighted by Gasteiger charge is 2.26. The SMILES string of the molecule is CC(C)C(CO)C(=O)N(C)CC1CCN(C)CC1. The molecule has 1 amide bonds. The minimum atomic E-state index is -0.249. The van der Waals surface area contributed by atoms with Crippen molar-refractivity contribution in [1.82, 2.24) is 9.80 Å². The molecular formula is C14H28N2O2. The van der Waals surface area contributed by atoms with Crippen LogP contribution in [0.4, 0.5) is 0 Å². The first-order valence-electron chi connectivity index (χ1n) is 7.00. The summed E-state index contributed by atoms with van der Waals surface area (Å²) in [4.78, 5) is 16.4. The molecule has 0 spiro atoms. The highest BCUT2D eigenvalue weighted by molar-refractivity contribution is 5.78. The van der Waals surface area contributed by atoms with Crippen LogP contribution in [0, 0.1) is 17.8 Å². The highest BCUT2D eigenvalue weighted by Crippen LogP contribution is 2.19. The zero-order valence-corrected chi connectivity index (χ0v) is 12.2. The lowest BCUT2D eigenvalue weighted by Crippen LogP contribution is -2.42. The highest BCUT2D eigenvalue weighted by atomic mass is 16.3. The van der Waals surface area contributed by atoms with Crippen molar-refractivity contribution in [3.63, 3.8) is 0 Å². The lowest BCUT2D eigenvalue weighted by Gasteiger charge is -2.33. The van der Waals surface area contributed by atoms with E-state index < -0.39 is 0 Å². The van der Waals surface area contributed by atoms with Gasteiger partial charge >= 0.3 is 0 Å². The average molecular weight is 256 g/mol. The summed E-state index contributed by atoms with van der Waals surface area (Å²) in [5.41, 5.74) is 0. The molecule has 0 radical (unpaired) electrons. The van der Waals surface area contributed by atoms with Gasteiger partial charge in [0.2, 0.25) is 5.91 Å². The third-order valence-electron chi connectivity index (χ3n) is 4.07. The first-order chi connectivity index (χ1) is 8.45. The summed E-state index contributed by atoms with van der Waals surface area (Å²) < 4.78 is 0. The van der Waals surface area contributed by atoms with Crippen LogP contribution in [-0.4, -0.2) is 61.2 Å². The van der Waals surface area contributed by atoms with Crippen LogP contribution < -0.4 is 0 Å². The maximum Gasteiger partial charge on any atom is 0.228 e. The molecule has 1 aliphatic rings. The number of aliphatic hydroxyl groups is 1. The van der Waals surface area contributed by atoms with Crippen LogP contribution in [0.1, 0.15) is 26.7 Å². The summed E-state index contributed by atoms with van der Waals surface area (Å²) in [7, 11) is 4.01. The second-order valence-corrected chi connectivity index (χ2v) is 6.00. The smallest absolute Gasteiger partial charge is 0.228 e. The van der Waals surface area contributed by atoms with Crippen LogP contribution in [0.25, 0.3) is 0 Å². The topological polar surface area (TPSA) is 43.8 Å². The molecule has 1 aliphatic heterocycles. The maximum absolute atomic E-state index is 12.2. The Morgan fingerprint density at radius 1 is 1.39 bits per heavy atom. The van der Waals surface area contributed by atoms with E-state index in [-0.39, 0.29) is 24.3 Å². The molecule has 1 heterocycles. The van der Waals surface area contributed by atoms with Gasteiger partial charge < -0.3 is 14.9 Å². The van der Waals surface area contributed by atoms with Gasteiger partial charge in [-0.05, 0) is 44.8 Å². The Hall–Kier alpha value is -0.610. The lowest BCUT2D eigenvalue weighted by atomic mass is 9.93. The summed E-state index contributed by atoms with van der Waals surface area (Å²) in [6, 6.07) is 0. The van der Waals surface area contributed by atoms with E-state index in [1.165, 1.54) is 12.8 Å². The van der Waals surface area contributed by atoms with Gasteiger partial charge in [0.1, 0.15) is 0 Å². The average Bonchev–Trinajstić information content (AvgIpc) is 2.32. The molecular weight excluding hydrogens is 228 g/mol. The van der Waals surface area contributed by atoms with Gasteiger partial charge in [-0.2, -0.15) is 0 Å². The molecule has 4 heteroatoms. The number of amides is 1. The van der Waals surface area contributed by atoms with E-state index in [1.54, 1.807) is 0 Å². The predicted octanol–water partition coefficient (Wildman–Crippen LogP) is 1.05. The third-order valence-corrected chi connectivity index (χ3v) is 4.07. The Kier molecular flexibility index (Phi) is 6.09. The number of hydrogen-bond acceptors (Lipinski definition) is 3. The zero-order chi connectivity index (χ0) is 13.7. The van der Waals surface area contributed by atoms with Crippen molar-refractivity contribution in [3.05, 3.63) is 0 Å². The van der Waals surface area contributed by atoms with Crippen LogP contribution >= 0.6 is 0 Å². The summed E-state index contributed by atoms with van der Waals surface area (Å²) in [5.74, 6) is 0.650. The monoisotopic (exact) mass is 256 g/mol. The Labute approximate surface area is 111 Å². The number of rotatable bonds is 5. The molecule has 1 N–H and O–H groups in total. The van der Waals surface area contributed by atoms with Crippen molar-refractivity contribution >= 4 is 5.91 Å². The molecule has 0 saturated carbocycles. The van der Waals surface area contributed by atoms with E-state index >= 15 is 0 Å². The molecule has 1 saturated heterocycles. The fraction of sp³-hybridized carbons (Fsp3) is 0.929. The summed E-state index contributed by atoms with van der Waals surface area (Å²) >= 11 is 0. The van der Waals surface area contributed by atoms with E-state index in [1.807, 2.05) is 25.8 Å². The number of nitrogens with zero attached hydrogens (tertiary/aromatic N) is 2. The molecule has 4 nitrogen and oxygen atoms in total. The van der Waals surface area contributed by atoms with E-state index in [9.17, 15) is 9.90 Å². The van der Waals surface area contributed by atoms with E-state index in [0.29, 0.717) is 5.92 Å². The van der Waals surface area contributed by atoms with Gasteiger partial charge in [0, 0.05) is 13.6 Å².